The lowest BCUT2D eigenvalue weighted by Crippen LogP contribution is -1.90. The van der Waals surface area contributed by atoms with Crippen LogP contribution in [0.2, 0.25) is 0 Å². The Bertz CT molecular complexity index is 3950. The molecule has 0 unspecified atom stereocenters. The van der Waals surface area contributed by atoms with Crippen LogP contribution in [-0.2, 0) is 0 Å². The van der Waals surface area contributed by atoms with Gasteiger partial charge in [-0.2, -0.15) is 0 Å². The molecule has 0 bridgehead atoms. The Balaban J connectivity index is 1.43. The third-order valence-electron chi connectivity index (χ3n) is 7.01. The quantitative estimate of drug-likeness (QED) is 0.183. The molecule has 45 heavy (non-hydrogen) atoms. The van der Waals surface area contributed by atoms with Crippen LogP contribution >= 0.6 is 0 Å². The van der Waals surface area contributed by atoms with Crippen molar-refractivity contribution in [1.82, 2.24) is 0 Å². The van der Waals surface area contributed by atoms with E-state index in [1.54, 1.807) is 0 Å². The third kappa shape index (κ3) is 4.24. The molecule has 0 spiro atoms. The molecule has 0 N–H and O–H groups in total. The molecule has 0 radical (unpaired) electrons. The van der Waals surface area contributed by atoms with E-state index in [0.717, 1.165) is 0 Å². The maximum atomic E-state index is 9.49. The zero-order chi connectivity index (χ0) is 54.1. The number of rotatable bonds is 4. The van der Waals surface area contributed by atoms with Gasteiger partial charge in [0.25, 0.3) is 0 Å². The highest BCUT2D eigenvalue weighted by Crippen LogP contribution is 2.44. The Kier molecular flexibility index (Phi) is 2.32. The second kappa shape index (κ2) is 10.4. The van der Waals surface area contributed by atoms with Gasteiger partial charge in [0.15, 0.2) is 0 Å². The van der Waals surface area contributed by atoms with Crippen molar-refractivity contribution in [3.05, 3.63) is 169 Å². The molecule has 0 aliphatic heterocycles. The summed E-state index contributed by atoms with van der Waals surface area (Å²) in [5, 5.41) is -3.76. The summed E-state index contributed by atoms with van der Waals surface area (Å²) in [4.78, 5) is 0. The minimum atomic E-state index is -1.09. The van der Waals surface area contributed by atoms with Crippen LogP contribution in [0.3, 0.4) is 0 Å². The number of hydrogen-bond acceptors (Lipinski definition) is 1. The molecule has 210 valence electrons. The van der Waals surface area contributed by atoms with E-state index in [1.165, 1.54) is 0 Å². The summed E-state index contributed by atoms with van der Waals surface area (Å²) >= 11 is 0. The van der Waals surface area contributed by atoms with Crippen molar-refractivity contribution in [2.24, 2.45) is 0 Å². The summed E-state index contributed by atoms with van der Waals surface area (Å²) < 4.78 is 254. The molecule has 9 rings (SSSR count). The van der Waals surface area contributed by atoms with E-state index >= 15 is 0 Å². The molecule has 0 aliphatic rings. The Morgan fingerprint density at radius 1 is 0.289 bits per heavy atom. The van der Waals surface area contributed by atoms with Crippen LogP contribution in [0.25, 0.3) is 88.0 Å². The lowest BCUT2D eigenvalue weighted by Gasteiger charge is -2.18. The molecule has 0 aliphatic carbocycles. The highest BCUT2D eigenvalue weighted by atomic mass is 16.3. The Hall–Kier alpha value is -5.92. The number of fused-ring (bicyclic) bond motifs is 5. The highest BCUT2D eigenvalue weighted by molar-refractivity contribution is 6.21. The van der Waals surface area contributed by atoms with Gasteiger partial charge in [0.05, 0.1) is 38.4 Å². The Morgan fingerprint density at radius 3 is 1.09 bits per heavy atom. The molecule has 1 heteroatoms. The maximum Gasteiger partial charge on any atom is 0.136 e. The van der Waals surface area contributed by atoms with E-state index in [2.05, 4.69) is 0 Å². The summed E-state index contributed by atoms with van der Waals surface area (Å²) in [7, 11) is 0. The Morgan fingerprint density at radius 2 is 0.622 bits per heavy atom. The molecule has 1 heterocycles. The van der Waals surface area contributed by atoms with Crippen molar-refractivity contribution in [2.45, 2.75) is 0 Å². The standard InChI is InChI=1S/C44H28O/c1-3-11-29(12-4-1)33-23-25-35-36-26-24-34(28-42(36)45-41(35)27-33)30-19-21-32(22-20-30)44-39-17-9-7-15-37(39)43(31-13-5-2-6-14-31)38-16-8-10-18-40(38)44/h1-28H/i1D,2D,3D,4D,5D,6D,7D,8D,9D,10D,11D,12D,13D,14D,15D,16D,17D,18D,19D,20D,21D,22D,23D,24D,25D,26D,27D,28D. The lowest BCUT2D eigenvalue weighted by molar-refractivity contribution is 0.669. The van der Waals surface area contributed by atoms with Crippen molar-refractivity contribution < 1.29 is 42.8 Å². The summed E-state index contributed by atoms with van der Waals surface area (Å²) in [6, 6.07) is -25.8. The van der Waals surface area contributed by atoms with Gasteiger partial charge >= 0.3 is 0 Å². The van der Waals surface area contributed by atoms with Crippen molar-refractivity contribution in [3.8, 4) is 44.5 Å². The summed E-state index contributed by atoms with van der Waals surface area (Å²) in [6.07, 6.45) is 0. The average Bonchev–Trinajstić information content (AvgIpc) is 3.77. The first-order chi connectivity index (χ1) is 34.0. The van der Waals surface area contributed by atoms with Gasteiger partial charge in [-0.25, -0.2) is 0 Å². The SMILES string of the molecule is [2H]c1c([2H])c([2H])c(-c2c([2H])c([2H])c3c(oc4c([2H])c(-c5c([2H])c([2H])c(-c6c7c([2H])c([2H])c([2H])c([2H])c7c(-c7c([2H])c([2H])c([2H])c([2H])c7[2H])c7c([2H])c([2H])c([2H])c([2H])c67)c([2H])c5[2H])c([2H])c([2H])c43)c2[2H])c([2H])c1[2H]. The van der Waals surface area contributed by atoms with Crippen LogP contribution in [0.5, 0.6) is 0 Å². The molecule has 1 aromatic heterocycles. The molecule has 0 amide bonds. The molecule has 9 aromatic rings. The lowest BCUT2D eigenvalue weighted by atomic mass is 9.86. The van der Waals surface area contributed by atoms with Crippen LogP contribution in [0, 0.1) is 0 Å². The molecule has 0 saturated heterocycles. The normalized spacial score (nSPS) is 20.3. The van der Waals surface area contributed by atoms with E-state index in [4.69, 9.17) is 33.2 Å². The van der Waals surface area contributed by atoms with Gasteiger partial charge in [0.1, 0.15) is 11.2 Å². The molecule has 0 saturated carbocycles. The third-order valence-corrected chi connectivity index (χ3v) is 7.01. The fourth-order valence-electron chi connectivity index (χ4n) is 5.07. The van der Waals surface area contributed by atoms with E-state index < -0.39 is 257 Å². The topological polar surface area (TPSA) is 13.1 Å². The van der Waals surface area contributed by atoms with Crippen molar-refractivity contribution in [3.63, 3.8) is 0 Å². The van der Waals surface area contributed by atoms with Crippen LogP contribution in [0.4, 0.5) is 0 Å². The van der Waals surface area contributed by atoms with E-state index in [-0.39, 0.29) is 0 Å². The fraction of sp³-hybridized carbons (Fsp3) is 0. The van der Waals surface area contributed by atoms with Crippen LogP contribution in [0.15, 0.2) is 174 Å². The molecule has 0 fully saturated rings. The van der Waals surface area contributed by atoms with Gasteiger partial charge in [-0.05, 0) is 90.2 Å². The fourth-order valence-corrected chi connectivity index (χ4v) is 5.07. The monoisotopic (exact) mass is 600 g/mol. The summed E-state index contributed by atoms with van der Waals surface area (Å²) in [6.45, 7) is 0. The largest absolute Gasteiger partial charge is 0.456 e. The van der Waals surface area contributed by atoms with Crippen LogP contribution in [0.1, 0.15) is 38.4 Å². The second-order valence-electron chi connectivity index (χ2n) is 9.51. The minimum Gasteiger partial charge on any atom is -0.456 e. The first kappa shape index (κ1) is 10.1. The molecular formula is C44H28O. The van der Waals surface area contributed by atoms with Gasteiger partial charge in [-0.15, -0.1) is 0 Å². The van der Waals surface area contributed by atoms with Gasteiger partial charge in [0.2, 0.25) is 0 Å². The van der Waals surface area contributed by atoms with E-state index in [0.29, 0.717) is 0 Å². The average molecular weight is 601 g/mol. The highest BCUT2D eigenvalue weighted by Gasteiger charge is 2.16. The second-order valence-corrected chi connectivity index (χ2v) is 9.51. The van der Waals surface area contributed by atoms with Crippen molar-refractivity contribution >= 4 is 43.5 Å². The number of furan rings is 1. The smallest absolute Gasteiger partial charge is 0.136 e. The summed E-state index contributed by atoms with van der Waals surface area (Å²) in [5.74, 6) is 0. The predicted molar refractivity (Wildman–Crippen MR) is 190 cm³/mol. The number of benzene rings is 8. The zero-order valence-electron chi connectivity index (χ0n) is 50.4. The van der Waals surface area contributed by atoms with Crippen molar-refractivity contribution in [1.29, 1.82) is 0 Å². The van der Waals surface area contributed by atoms with Gasteiger partial charge in [-0.1, -0.05) is 145 Å². The number of hydrogen-bond donors (Lipinski definition) is 0. The molecular weight excluding hydrogens is 544 g/mol. The van der Waals surface area contributed by atoms with Gasteiger partial charge in [-0.3, -0.25) is 0 Å². The minimum absolute atomic E-state index is 0.463. The summed E-state index contributed by atoms with van der Waals surface area (Å²) in [5.41, 5.74) is -7.17. The van der Waals surface area contributed by atoms with Crippen molar-refractivity contribution in [2.75, 3.05) is 0 Å². The van der Waals surface area contributed by atoms with Gasteiger partial charge < -0.3 is 4.42 Å². The molecule has 1 nitrogen and oxygen atoms in total. The maximum absolute atomic E-state index is 9.49. The Labute approximate surface area is 301 Å². The molecule has 0 atom stereocenters. The first-order valence-electron chi connectivity index (χ1n) is 27.2. The zero-order valence-corrected chi connectivity index (χ0v) is 22.4. The first-order valence-corrected chi connectivity index (χ1v) is 13.2. The van der Waals surface area contributed by atoms with Crippen LogP contribution < -0.4 is 0 Å². The van der Waals surface area contributed by atoms with E-state index in [1.807, 2.05) is 0 Å². The van der Waals surface area contributed by atoms with Gasteiger partial charge in [0, 0.05) is 10.8 Å². The predicted octanol–water partition coefficient (Wildman–Crippen LogP) is 12.6. The van der Waals surface area contributed by atoms with Crippen LogP contribution in [-0.4, -0.2) is 0 Å². The molecule has 8 aromatic carbocycles. The van der Waals surface area contributed by atoms with E-state index in [9.17, 15) is 9.60 Å².